The fraction of sp³-hybridized carbons (Fsp3) is 0.500. The number of hydrogen-bond acceptors (Lipinski definition) is 1. The zero-order valence-electron chi connectivity index (χ0n) is 18.6. The van der Waals surface area contributed by atoms with Crippen LogP contribution in [0.3, 0.4) is 0 Å². The van der Waals surface area contributed by atoms with Gasteiger partial charge in [-0.2, -0.15) is 0 Å². The molecule has 1 aliphatic heterocycles. The van der Waals surface area contributed by atoms with E-state index in [0.29, 0.717) is 0 Å². The standard InChI is InChI=1S/C28H39N/c1-4-6-12-27-15-16-28(21-26(27)5-2)23(3)13-14-24-17-19-29(20-18-24)22-25-10-8-7-9-11-25/h7-11,15-16,21,24H,3-6,12-14,17-20,22H2,1-2H3. The van der Waals surface area contributed by atoms with Crippen molar-refractivity contribution in [1.82, 2.24) is 4.90 Å². The van der Waals surface area contributed by atoms with E-state index in [0.717, 1.165) is 25.3 Å². The second-order valence-electron chi connectivity index (χ2n) is 8.79. The van der Waals surface area contributed by atoms with Crippen LogP contribution in [-0.4, -0.2) is 18.0 Å². The summed E-state index contributed by atoms with van der Waals surface area (Å²) in [5, 5.41) is 0. The highest BCUT2D eigenvalue weighted by atomic mass is 15.1. The summed E-state index contributed by atoms with van der Waals surface area (Å²) >= 11 is 0. The van der Waals surface area contributed by atoms with E-state index in [9.17, 15) is 0 Å². The number of likely N-dealkylation sites (tertiary alicyclic amines) is 1. The average molecular weight is 390 g/mol. The monoisotopic (exact) mass is 389 g/mol. The molecule has 1 heteroatoms. The fourth-order valence-electron chi connectivity index (χ4n) is 4.58. The smallest absolute Gasteiger partial charge is 0.0233 e. The summed E-state index contributed by atoms with van der Waals surface area (Å²) in [6.45, 7) is 12.6. The average Bonchev–Trinajstić information content (AvgIpc) is 2.77. The first-order chi connectivity index (χ1) is 14.2. The Bertz CT molecular complexity index is 753. The van der Waals surface area contributed by atoms with Crippen LogP contribution in [0.1, 0.15) is 74.6 Å². The molecule has 0 amide bonds. The van der Waals surface area contributed by atoms with Gasteiger partial charge in [0.1, 0.15) is 0 Å². The summed E-state index contributed by atoms with van der Waals surface area (Å²) in [7, 11) is 0. The van der Waals surface area contributed by atoms with Crippen molar-refractivity contribution in [2.24, 2.45) is 5.92 Å². The van der Waals surface area contributed by atoms with E-state index in [1.807, 2.05) is 0 Å². The molecule has 1 fully saturated rings. The van der Waals surface area contributed by atoms with Gasteiger partial charge in [0.25, 0.3) is 0 Å². The Kier molecular flexibility index (Phi) is 8.55. The van der Waals surface area contributed by atoms with Crippen molar-refractivity contribution in [3.05, 3.63) is 77.4 Å². The summed E-state index contributed by atoms with van der Waals surface area (Å²) in [6, 6.07) is 18.0. The summed E-state index contributed by atoms with van der Waals surface area (Å²) in [6.07, 6.45) is 9.98. The second-order valence-corrected chi connectivity index (χ2v) is 8.79. The predicted octanol–water partition coefficient (Wildman–Crippen LogP) is 7.30. The molecule has 0 atom stereocenters. The van der Waals surface area contributed by atoms with Crippen molar-refractivity contribution >= 4 is 5.57 Å². The Hall–Kier alpha value is -1.86. The number of piperidine rings is 1. The third kappa shape index (κ3) is 6.57. The molecule has 0 spiro atoms. The van der Waals surface area contributed by atoms with Crippen LogP contribution in [0.25, 0.3) is 5.57 Å². The molecule has 29 heavy (non-hydrogen) atoms. The Morgan fingerprint density at radius 1 is 1.00 bits per heavy atom. The maximum atomic E-state index is 4.44. The molecule has 0 aromatic heterocycles. The summed E-state index contributed by atoms with van der Waals surface area (Å²) < 4.78 is 0. The van der Waals surface area contributed by atoms with Gasteiger partial charge < -0.3 is 0 Å². The number of unbranched alkanes of at least 4 members (excludes halogenated alkanes) is 1. The molecule has 0 N–H and O–H groups in total. The first kappa shape index (κ1) is 21.8. The lowest BCUT2D eigenvalue weighted by molar-refractivity contribution is 0.173. The van der Waals surface area contributed by atoms with Crippen LogP contribution >= 0.6 is 0 Å². The zero-order chi connectivity index (χ0) is 20.5. The molecule has 0 unspecified atom stereocenters. The van der Waals surface area contributed by atoms with E-state index in [1.165, 1.54) is 79.4 Å². The number of hydrogen-bond donors (Lipinski definition) is 0. The van der Waals surface area contributed by atoms with Crippen molar-refractivity contribution in [3.8, 4) is 0 Å². The van der Waals surface area contributed by atoms with Crippen molar-refractivity contribution < 1.29 is 0 Å². The molecule has 2 aromatic carbocycles. The highest BCUT2D eigenvalue weighted by Crippen LogP contribution is 2.28. The molecule has 1 nitrogen and oxygen atoms in total. The van der Waals surface area contributed by atoms with Gasteiger partial charge in [0.2, 0.25) is 0 Å². The minimum atomic E-state index is 0.855. The highest BCUT2D eigenvalue weighted by molar-refractivity contribution is 5.64. The van der Waals surface area contributed by atoms with E-state index in [-0.39, 0.29) is 0 Å². The van der Waals surface area contributed by atoms with Gasteiger partial charge in [0, 0.05) is 6.54 Å². The number of benzene rings is 2. The molecule has 0 saturated carbocycles. The SMILES string of the molecule is C=C(CCC1CCN(Cc2ccccc2)CC1)c1ccc(CCCC)c(CC)c1. The maximum absolute atomic E-state index is 4.44. The normalized spacial score (nSPS) is 15.5. The van der Waals surface area contributed by atoms with Gasteiger partial charge in [-0.25, -0.2) is 0 Å². The lowest BCUT2D eigenvalue weighted by atomic mass is 9.88. The van der Waals surface area contributed by atoms with Crippen LogP contribution in [0.2, 0.25) is 0 Å². The summed E-state index contributed by atoms with van der Waals surface area (Å²) in [5.74, 6) is 0.855. The van der Waals surface area contributed by atoms with Crippen molar-refractivity contribution in [3.63, 3.8) is 0 Å². The van der Waals surface area contributed by atoms with Gasteiger partial charge in [-0.15, -0.1) is 0 Å². The third-order valence-electron chi connectivity index (χ3n) is 6.61. The molecular weight excluding hydrogens is 350 g/mol. The van der Waals surface area contributed by atoms with Crippen LogP contribution in [0.5, 0.6) is 0 Å². The lowest BCUT2D eigenvalue weighted by Crippen LogP contribution is -2.33. The van der Waals surface area contributed by atoms with E-state index in [2.05, 4.69) is 73.9 Å². The predicted molar refractivity (Wildman–Crippen MR) is 127 cm³/mol. The van der Waals surface area contributed by atoms with Crippen LogP contribution in [0, 0.1) is 5.92 Å². The van der Waals surface area contributed by atoms with Crippen LogP contribution in [0.15, 0.2) is 55.1 Å². The maximum Gasteiger partial charge on any atom is 0.0233 e. The number of aryl methyl sites for hydroxylation is 2. The molecule has 1 saturated heterocycles. The largest absolute Gasteiger partial charge is 0.299 e. The highest BCUT2D eigenvalue weighted by Gasteiger charge is 2.19. The quantitative estimate of drug-likeness (QED) is 0.412. The number of nitrogens with zero attached hydrogens (tertiary/aromatic N) is 1. The van der Waals surface area contributed by atoms with Gasteiger partial charge in [-0.05, 0) is 91.8 Å². The van der Waals surface area contributed by atoms with Crippen molar-refractivity contribution in [2.75, 3.05) is 13.1 Å². The van der Waals surface area contributed by atoms with Crippen molar-refractivity contribution in [1.29, 1.82) is 0 Å². The van der Waals surface area contributed by atoms with Crippen LogP contribution in [0.4, 0.5) is 0 Å². The zero-order valence-corrected chi connectivity index (χ0v) is 18.6. The van der Waals surface area contributed by atoms with E-state index in [4.69, 9.17) is 0 Å². The minimum absolute atomic E-state index is 0.855. The molecule has 3 rings (SSSR count). The molecule has 0 radical (unpaired) electrons. The summed E-state index contributed by atoms with van der Waals surface area (Å²) in [4.78, 5) is 2.61. The van der Waals surface area contributed by atoms with Crippen LogP contribution < -0.4 is 0 Å². The lowest BCUT2D eigenvalue weighted by Gasteiger charge is -2.32. The molecule has 156 valence electrons. The van der Waals surface area contributed by atoms with E-state index in [1.54, 1.807) is 0 Å². The Balaban J connectivity index is 1.45. The molecule has 1 aliphatic rings. The van der Waals surface area contributed by atoms with Crippen LogP contribution in [-0.2, 0) is 19.4 Å². The number of rotatable bonds is 10. The van der Waals surface area contributed by atoms with Gasteiger partial charge in [-0.3, -0.25) is 4.90 Å². The molecule has 0 bridgehead atoms. The topological polar surface area (TPSA) is 3.24 Å². The Labute approximate surface area is 178 Å². The van der Waals surface area contributed by atoms with Gasteiger partial charge in [-0.1, -0.05) is 75.4 Å². The number of allylic oxidation sites excluding steroid dienone is 1. The van der Waals surface area contributed by atoms with Gasteiger partial charge in [0.05, 0.1) is 0 Å². The van der Waals surface area contributed by atoms with Gasteiger partial charge in [0.15, 0.2) is 0 Å². The minimum Gasteiger partial charge on any atom is -0.299 e. The molecule has 2 aromatic rings. The van der Waals surface area contributed by atoms with Crippen molar-refractivity contribution in [2.45, 2.75) is 71.8 Å². The third-order valence-corrected chi connectivity index (χ3v) is 6.61. The first-order valence-electron chi connectivity index (χ1n) is 11.8. The molecule has 0 aliphatic carbocycles. The van der Waals surface area contributed by atoms with E-state index < -0.39 is 0 Å². The fourth-order valence-corrected chi connectivity index (χ4v) is 4.58. The van der Waals surface area contributed by atoms with E-state index >= 15 is 0 Å². The Morgan fingerprint density at radius 3 is 2.45 bits per heavy atom. The first-order valence-corrected chi connectivity index (χ1v) is 11.8. The summed E-state index contributed by atoms with van der Waals surface area (Å²) in [5.41, 5.74) is 7.19. The molecule has 1 heterocycles. The second kappa shape index (κ2) is 11.4. The van der Waals surface area contributed by atoms with Gasteiger partial charge >= 0.3 is 0 Å². The molecular formula is C28H39N. The Morgan fingerprint density at radius 2 is 1.76 bits per heavy atom.